The molecule has 15 heteroatoms. The molecule has 3 rings (SSSR count). The van der Waals surface area contributed by atoms with Gasteiger partial charge >= 0.3 is 18.5 Å². The summed E-state index contributed by atoms with van der Waals surface area (Å²) in [6.07, 6.45) is -14.0. The molecule has 1 unspecified atom stereocenters. The summed E-state index contributed by atoms with van der Waals surface area (Å²) in [4.78, 5) is 12.1. The van der Waals surface area contributed by atoms with Gasteiger partial charge in [0.1, 0.15) is 11.0 Å². The number of halogens is 9. The zero-order valence-corrected chi connectivity index (χ0v) is 21.5. The van der Waals surface area contributed by atoms with E-state index in [4.69, 9.17) is 0 Å². The summed E-state index contributed by atoms with van der Waals surface area (Å²) in [6.45, 7) is 4.01. The van der Waals surface area contributed by atoms with E-state index in [0.29, 0.717) is 25.0 Å². The quantitative estimate of drug-likeness (QED) is 0.378. The Morgan fingerprint density at radius 1 is 0.846 bits per heavy atom. The van der Waals surface area contributed by atoms with Crippen LogP contribution in [0.5, 0.6) is 0 Å². The van der Waals surface area contributed by atoms with Crippen LogP contribution in [0.4, 0.5) is 45.2 Å². The molecular formula is C24H26F9N3O2S. The van der Waals surface area contributed by atoms with Crippen molar-refractivity contribution >= 4 is 22.6 Å². The Kier molecular flexibility index (Phi) is 11.0. The third-order valence-electron chi connectivity index (χ3n) is 5.47. The van der Waals surface area contributed by atoms with Gasteiger partial charge in [-0.15, -0.1) is 0 Å². The van der Waals surface area contributed by atoms with E-state index in [2.05, 4.69) is 5.32 Å². The summed E-state index contributed by atoms with van der Waals surface area (Å²) >= 11 is 0. The molecule has 0 bridgehead atoms. The van der Waals surface area contributed by atoms with Crippen LogP contribution in [0.25, 0.3) is 0 Å². The van der Waals surface area contributed by atoms with E-state index in [0.717, 1.165) is 18.2 Å². The summed E-state index contributed by atoms with van der Waals surface area (Å²) in [7, 11) is -1.85. The average Bonchev–Trinajstić information content (AvgIpc) is 2.87. The number of carbonyl (C=O) groups excluding carboxylic acids is 1. The highest BCUT2D eigenvalue weighted by atomic mass is 32.2. The van der Waals surface area contributed by atoms with E-state index < -0.39 is 64.3 Å². The normalized spacial score (nSPS) is 16.3. The Balaban J connectivity index is 0.00000260. The van der Waals surface area contributed by atoms with Crippen LogP contribution in [0, 0.1) is 0 Å². The van der Waals surface area contributed by atoms with Crippen LogP contribution in [0.3, 0.4) is 0 Å². The van der Waals surface area contributed by atoms with Crippen molar-refractivity contribution in [2.75, 3.05) is 25.0 Å². The van der Waals surface area contributed by atoms with Crippen molar-refractivity contribution < 1.29 is 48.5 Å². The highest BCUT2D eigenvalue weighted by Gasteiger charge is 2.37. The molecule has 0 radical (unpaired) electrons. The lowest BCUT2D eigenvalue weighted by molar-refractivity contribution is -0.143. The standard InChI is InChI=1S/C22H20F9N3O2S.C2H6/c23-20(24,25)13-2-1-3-18(11-13)37(36)34-6-4-16(5-7-34)32-12-19(35)33-17-9-14(21(26,27)28)8-15(10-17)22(29,30)31;1-2/h1-3,8-11,16,32H,4-7,12H2,(H,33,35);1-2H3. The van der Waals surface area contributed by atoms with Crippen LogP contribution >= 0.6 is 0 Å². The van der Waals surface area contributed by atoms with Crippen LogP contribution in [0.1, 0.15) is 43.4 Å². The molecule has 5 nitrogen and oxygen atoms in total. The van der Waals surface area contributed by atoms with Crippen molar-refractivity contribution in [1.29, 1.82) is 0 Å². The number of anilines is 1. The van der Waals surface area contributed by atoms with Gasteiger partial charge in [-0.1, -0.05) is 19.9 Å². The van der Waals surface area contributed by atoms with E-state index in [1.54, 1.807) is 0 Å². The molecule has 2 N–H and O–H groups in total. The maximum atomic E-state index is 13.0. The van der Waals surface area contributed by atoms with E-state index in [-0.39, 0.29) is 30.1 Å². The fourth-order valence-corrected chi connectivity index (χ4v) is 4.89. The fraction of sp³-hybridized carbons (Fsp3) is 0.458. The Hall–Kier alpha value is -2.65. The first-order chi connectivity index (χ1) is 18.0. The molecule has 0 aromatic heterocycles. The van der Waals surface area contributed by atoms with Crippen molar-refractivity contribution in [2.24, 2.45) is 0 Å². The maximum Gasteiger partial charge on any atom is 0.416 e. The van der Waals surface area contributed by atoms with E-state index in [1.807, 2.05) is 19.2 Å². The highest BCUT2D eigenvalue weighted by molar-refractivity contribution is 7.82. The first-order valence-electron chi connectivity index (χ1n) is 11.7. The van der Waals surface area contributed by atoms with Crippen molar-refractivity contribution in [1.82, 2.24) is 9.62 Å². The molecule has 1 atom stereocenters. The maximum absolute atomic E-state index is 13.0. The van der Waals surface area contributed by atoms with Gasteiger partial charge in [-0.25, -0.2) is 8.51 Å². The Morgan fingerprint density at radius 2 is 1.36 bits per heavy atom. The summed E-state index contributed by atoms with van der Waals surface area (Å²) in [6, 6.07) is 4.60. The molecule has 0 aliphatic carbocycles. The second-order valence-electron chi connectivity index (χ2n) is 8.20. The summed E-state index contributed by atoms with van der Waals surface area (Å²) in [5.74, 6) is -0.873. The zero-order valence-electron chi connectivity index (χ0n) is 20.7. The smallest absolute Gasteiger partial charge is 0.325 e. The molecule has 1 aliphatic rings. The number of alkyl halides is 9. The van der Waals surface area contributed by atoms with Gasteiger partial charge in [0.2, 0.25) is 5.91 Å². The molecule has 218 valence electrons. The molecule has 2 aromatic carbocycles. The van der Waals surface area contributed by atoms with Crippen LogP contribution in [0.15, 0.2) is 47.4 Å². The SMILES string of the molecule is CC.O=C(CNC1CCN(S(=O)c2cccc(C(F)(F)F)c2)CC1)Nc1cc(C(F)(F)F)cc(C(F)(F)F)c1. The van der Waals surface area contributed by atoms with Gasteiger partial charge < -0.3 is 10.6 Å². The minimum atomic E-state index is -5.05. The second-order valence-corrected chi connectivity index (χ2v) is 9.69. The minimum absolute atomic E-state index is 0.0140. The van der Waals surface area contributed by atoms with Gasteiger partial charge in [-0.2, -0.15) is 39.5 Å². The van der Waals surface area contributed by atoms with Gasteiger partial charge in [0.05, 0.1) is 28.1 Å². The Labute approximate surface area is 221 Å². The third kappa shape index (κ3) is 9.49. The van der Waals surface area contributed by atoms with Gasteiger partial charge in [0.15, 0.2) is 0 Å². The average molecular weight is 592 g/mol. The number of amides is 1. The van der Waals surface area contributed by atoms with Crippen molar-refractivity contribution in [3.8, 4) is 0 Å². The van der Waals surface area contributed by atoms with Gasteiger partial charge in [-0.3, -0.25) is 4.79 Å². The van der Waals surface area contributed by atoms with Crippen LogP contribution in [-0.2, 0) is 34.3 Å². The number of hydrogen-bond acceptors (Lipinski definition) is 3. The predicted molar refractivity (Wildman–Crippen MR) is 127 cm³/mol. The molecule has 1 heterocycles. The number of hydrogen-bond donors (Lipinski definition) is 2. The second kappa shape index (κ2) is 13.1. The molecule has 2 aromatic rings. The first-order valence-corrected chi connectivity index (χ1v) is 12.8. The highest BCUT2D eigenvalue weighted by Crippen LogP contribution is 2.37. The number of carbonyl (C=O) groups is 1. The largest absolute Gasteiger partial charge is 0.416 e. The lowest BCUT2D eigenvalue weighted by Gasteiger charge is -2.31. The molecule has 39 heavy (non-hydrogen) atoms. The molecule has 0 saturated carbocycles. The Bertz CT molecular complexity index is 1110. The first kappa shape index (κ1) is 32.6. The van der Waals surface area contributed by atoms with Gasteiger partial charge in [0.25, 0.3) is 0 Å². The lowest BCUT2D eigenvalue weighted by atomic mass is 10.1. The number of nitrogens with zero attached hydrogens (tertiary/aromatic N) is 1. The number of piperidine rings is 1. The van der Waals surface area contributed by atoms with E-state index in [1.165, 1.54) is 10.4 Å². The van der Waals surface area contributed by atoms with Crippen LogP contribution < -0.4 is 10.6 Å². The van der Waals surface area contributed by atoms with E-state index in [9.17, 15) is 48.5 Å². The molecule has 0 spiro atoms. The van der Waals surface area contributed by atoms with Crippen molar-refractivity contribution in [3.63, 3.8) is 0 Å². The monoisotopic (exact) mass is 591 g/mol. The van der Waals surface area contributed by atoms with Gasteiger partial charge in [0, 0.05) is 24.8 Å². The number of nitrogens with one attached hydrogen (secondary N) is 2. The topological polar surface area (TPSA) is 61.4 Å². The number of benzene rings is 2. The van der Waals surface area contributed by atoms with Crippen LogP contribution in [-0.4, -0.2) is 40.1 Å². The summed E-state index contributed by atoms with van der Waals surface area (Å²) < 4.78 is 131. The predicted octanol–water partition coefficient (Wildman–Crippen LogP) is 6.48. The number of rotatable bonds is 6. The zero-order chi connectivity index (χ0) is 29.6. The van der Waals surface area contributed by atoms with Gasteiger partial charge in [-0.05, 0) is 49.2 Å². The molecular weight excluding hydrogens is 565 g/mol. The minimum Gasteiger partial charge on any atom is -0.325 e. The van der Waals surface area contributed by atoms with Crippen molar-refractivity contribution in [2.45, 2.75) is 56.2 Å². The lowest BCUT2D eigenvalue weighted by Crippen LogP contribution is -2.45. The molecule has 1 amide bonds. The van der Waals surface area contributed by atoms with E-state index >= 15 is 0 Å². The van der Waals surface area contributed by atoms with Crippen molar-refractivity contribution in [3.05, 3.63) is 59.2 Å². The summed E-state index contributed by atoms with van der Waals surface area (Å²) in [5, 5.41) is 4.85. The fourth-order valence-electron chi connectivity index (χ4n) is 3.63. The third-order valence-corrected chi connectivity index (χ3v) is 6.97. The molecule has 1 aliphatic heterocycles. The molecule has 1 fully saturated rings. The molecule has 1 saturated heterocycles. The summed E-state index contributed by atoms with van der Waals surface area (Å²) in [5.41, 5.74) is -4.72. The Morgan fingerprint density at radius 3 is 1.85 bits per heavy atom. The van der Waals surface area contributed by atoms with Crippen LogP contribution in [0.2, 0.25) is 0 Å².